The van der Waals surface area contributed by atoms with Crippen LogP contribution in [0.4, 0.5) is 4.39 Å². The average Bonchev–Trinajstić information content (AvgIpc) is 2.56. The van der Waals surface area contributed by atoms with Crippen LogP contribution in [0.15, 0.2) is 18.3 Å². The SMILES string of the molecule is Fc1ccc2nc3c(n2c1)COCC3. The molecule has 4 heteroatoms. The molecule has 0 atom stereocenters. The summed E-state index contributed by atoms with van der Waals surface area (Å²) in [6.07, 6.45) is 2.27. The molecule has 3 nitrogen and oxygen atoms in total. The third kappa shape index (κ3) is 1.04. The molecule has 1 aliphatic heterocycles. The molecule has 0 radical (unpaired) electrons. The maximum Gasteiger partial charge on any atom is 0.139 e. The fourth-order valence-electron chi connectivity index (χ4n) is 1.81. The number of hydrogen-bond donors (Lipinski definition) is 0. The molecule has 3 heterocycles. The van der Waals surface area contributed by atoms with Gasteiger partial charge in [-0.3, -0.25) is 4.40 Å². The standard InChI is InChI=1S/C10H9FN2O/c11-7-1-2-10-12-8-3-4-14-6-9(8)13(10)5-7/h1-2,5H,3-4,6H2. The number of aromatic nitrogens is 2. The minimum atomic E-state index is -0.247. The number of nitrogens with zero attached hydrogens (tertiary/aromatic N) is 2. The highest BCUT2D eigenvalue weighted by atomic mass is 19.1. The largest absolute Gasteiger partial charge is 0.375 e. The summed E-state index contributed by atoms with van der Waals surface area (Å²) >= 11 is 0. The molecule has 0 N–H and O–H groups in total. The van der Waals surface area contributed by atoms with Gasteiger partial charge >= 0.3 is 0 Å². The van der Waals surface area contributed by atoms with Crippen LogP contribution < -0.4 is 0 Å². The van der Waals surface area contributed by atoms with Crippen LogP contribution in [0.5, 0.6) is 0 Å². The van der Waals surface area contributed by atoms with E-state index in [1.165, 1.54) is 12.3 Å². The van der Waals surface area contributed by atoms with E-state index in [1.54, 1.807) is 10.5 Å². The molecule has 0 aromatic carbocycles. The van der Waals surface area contributed by atoms with Crippen molar-refractivity contribution in [2.24, 2.45) is 0 Å². The van der Waals surface area contributed by atoms with Crippen molar-refractivity contribution in [1.29, 1.82) is 0 Å². The van der Waals surface area contributed by atoms with Gasteiger partial charge in [-0.05, 0) is 12.1 Å². The van der Waals surface area contributed by atoms with Gasteiger partial charge in [-0.2, -0.15) is 0 Å². The summed E-state index contributed by atoms with van der Waals surface area (Å²) in [6.45, 7) is 1.24. The van der Waals surface area contributed by atoms with E-state index in [1.807, 2.05) is 0 Å². The summed E-state index contributed by atoms with van der Waals surface area (Å²) in [6, 6.07) is 3.11. The second-order valence-electron chi connectivity index (χ2n) is 3.38. The first-order chi connectivity index (χ1) is 6.84. The van der Waals surface area contributed by atoms with Crippen molar-refractivity contribution in [3.8, 4) is 0 Å². The van der Waals surface area contributed by atoms with Gasteiger partial charge in [0.25, 0.3) is 0 Å². The highest BCUT2D eigenvalue weighted by molar-refractivity contribution is 5.43. The van der Waals surface area contributed by atoms with Crippen LogP contribution in [0.2, 0.25) is 0 Å². The average molecular weight is 192 g/mol. The lowest BCUT2D eigenvalue weighted by Crippen LogP contribution is -2.10. The summed E-state index contributed by atoms with van der Waals surface area (Å²) in [5.41, 5.74) is 2.80. The molecule has 0 aliphatic carbocycles. The lowest BCUT2D eigenvalue weighted by molar-refractivity contribution is 0.106. The van der Waals surface area contributed by atoms with Crippen LogP contribution in [0.25, 0.3) is 5.65 Å². The van der Waals surface area contributed by atoms with Crippen LogP contribution >= 0.6 is 0 Å². The highest BCUT2D eigenvalue weighted by Crippen LogP contribution is 2.18. The molecule has 0 spiro atoms. The summed E-state index contributed by atoms with van der Waals surface area (Å²) < 4.78 is 20.1. The number of pyridine rings is 1. The van der Waals surface area contributed by atoms with Gasteiger partial charge in [0.2, 0.25) is 0 Å². The van der Waals surface area contributed by atoms with Crippen molar-refractivity contribution in [1.82, 2.24) is 9.38 Å². The number of rotatable bonds is 0. The van der Waals surface area contributed by atoms with E-state index in [4.69, 9.17) is 4.74 Å². The highest BCUT2D eigenvalue weighted by Gasteiger charge is 2.16. The van der Waals surface area contributed by atoms with Gasteiger partial charge in [0.1, 0.15) is 11.5 Å². The minimum absolute atomic E-state index is 0.247. The molecule has 0 unspecified atom stereocenters. The molecule has 72 valence electrons. The van der Waals surface area contributed by atoms with Gasteiger partial charge in [-0.15, -0.1) is 0 Å². The van der Waals surface area contributed by atoms with Crippen LogP contribution in [-0.2, 0) is 17.8 Å². The van der Waals surface area contributed by atoms with E-state index in [0.29, 0.717) is 13.2 Å². The van der Waals surface area contributed by atoms with Gasteiger partial charge < -0.3 is 4.74 Å². The zero-order valence-electron chi connectivity index (χ0n) is 7.53. The van der Waals surface area contributed by atoms with E-state index < -0.39 is 0 Å². The Morgan fingerprint density at radius 2 is 2.36 bits per heavy atom. The van der Waals surface area contributed by atoms with Crippen molar-refractivity contribution in [3.63, 3.8) is 0 Å². The smallest absolute Gasteiger partial charge is 0.139 e. The van der Waals surface area contributed by atoms with Crippen LogP contribution in [0.1, 0.15) is 11.4 Å². The first-order valence-electron chi connectivity index (χ1n) is 4.58. The minimum Gasteiger partial charge on any atom is -0.375 e. The molecule has 0 bridgehead atoms. The zero-order chi connectivity index (χ0) is 9.54. The van der Waals surface area contributed by atoms with Gasteiger partial charge in [-0.1, -0.05) is 0 Å². The first kappa shape index (κ1) is 7.94. The molecule has 0 fully saturated rings. The van der Waals surface area contributed by atoms with Crippen molar-refractivity contribution >= 4 is 5.65 Å². The van der Waals surface area contributed by atoms with Crippen molar-refractivity contribution in [2.45, 2.75) is 13.0 Å². The zero-order valence-corrected chi connectivity index (χ0v) is 7.53. The second kappa shape index (κ2) is 2.78. The Kier molecular flexibility index (Phi) is 1.58. The fraction of sp³-hybridized carbons (Fsp3) is 0.300. The molecule has 1 aliphatic rings. The predicted octanol–water partition coefficient (Wildman–Crippen LogP) is 1.55. The number of hydrogen-bond acceptors (Lipinski definition) is 2. The van der Waals surface area contributed by atoms with Gasteiger partial charge in [-0.25, -0.2) is 9.37 Å². The summed E-state index contributed by atoms with van der Waals surface area (Å²) in [5.74, 6) is -0.247. The second-order valence-corrected chi connectivity index (χ2v) is 3.38. The summed E-state index contributed by atoms with van der Waals surface area (Å²) in [5, 5.41) is 0. The van der Waals surface area contributed by atoms with Crippen molar-refractivity contribution < 1.29 is 9.13 Å². The quantitative estimate of drug-likeness (QED) is 0.633. The number of ether oxygens (including phenoxy) is 1. The molecular weight excluding hydrogens is 183 g/mol. The molecule has 2 aromatic rings. The van der Waals surface area contributed by atoms with Gasteiger partial charge in [0.05, 0.1) is 24.6 Å². The van der Waals surface area contributed by atoms with Crippen molar-refractivity contribution in [2.75, 3.05) is 6.61 Å². The lowest BCUT2D eigenvalue weighted by atomic mass is 10.2. The molecule has 3 rings (SSSR count). The molecule has 2 aromatic heterocycles. The number of halogens is 1. The number of imidazole rings is 1. The van der Waals surface area contributed by atoms with Gasteiger partial charge in [0, 0.05) is 12.6 Å². The monoisotopic (exact) mass is 192 g/mol. The first-order valence-corrected chi connectivity index (χ1v) is 4.58. The molecule has 14 heavy (non-hydrogen) atoms. The Labute approximate surface area is 80.1 Å². The van der Waals surface area contributed by atoms with E-state index in [-0.39, 0.29) is 5.82 Å². The Hall–Kier alpha value is -1.42. The van der Waals surface area contributed by atoms with E-state index in [9.17, 15) is 4.39 Å². The predicted molar refractivity (Wildman–Crippen MR) is 48.5 cm³/mol. The molecule has 0 amide bonds. The van der Waals surface area contributed by atoms with Crippen LogP contribution in [0, 0.1) is 5.82 Å². The molecule has 0 saturated heterocycles. The Bertz CT molecular complexity index is 492. The van der Waals surface area contributed by atoms with E-state index in [2.05, 4.69) is 4.98 Å². The van der Waals surface area contributed by atoms with Crippen LogP contribution in [0.3, 0.4) is 0 Å². The Morgan fingerprint density at radius 1 is 1.43 bits per heavy atom. The molecular formula is C10H9FN2O. The fourth-order valence-corrected chi connectivity index (χ4v) is 1.81. The normalized spacial score (nSPS) is 15.8. The van der Waals surface area contributed by atoms with Crippen LogP contribution in [-0.4, -0.2) is 16.0 Å². The number of fused-ring (bicyclic) bond motifs is 3. The van der Waals surface area contributed by atoms with E-state index in [0.717, 1.165) is 23.5 Å². The third-order valence-corrected chi connectivity index (χ3v) is 2.49. The Morgan fingerprint density at radius 3 is 3.29 bits per heavy atom. The third-order valence-electron chi connectivity index (χ3n) is 2.49. The Balaban J connectivity index is 2.32. The topological polar surface area (TPSA) is 26.5 Å². The summed E-state index contributed by atoms with van der Waals surface area (Å²) in [4.78, 5) is 4.41. The van der Waals surface area contributed by atoms with E-state index >= 15 is 0 Å². The van der Waals surface area contributed by atoms with Gasteiger partial charge in [0.15, 0.2) is 0 Å². The summed E-state index contributed by atoms with van der Waals surface area (Å²) in [7, 11) is 0. The maximum absolute atomic E-state index is 13.0. The van der Waals surface area contributed by atoms with Crippen molar-refractivity contribution in [3.05, 3.63) is 35.5 Å². The lowest BCUT2D eigenvalue weighted by Gasteiger charge is -2.11. The maximum atomic E-state index is 13.0. The molecule has 0 saturated carbocycles.